The van der Waals surface area contributed by atoms with Crippen LogP contribution in [0.25, 0.3) is 0 Å². The van der Waals surface area contributed by atoms with E-state index in [9.17, 15) is 13.2 Å². The number of aliphatic hydroxyl groups excluding tert-OH is 1. The highest BCUT2D eigenvalue weighted by molar-refractivity contribution is 7.91. The summed E-state index contributed by atoms with van der Waals surface area (Å²) in [6.07, 6.45) is 1.58. The number of hydrogen-bond donors (Lipinski definition) is 2. The summed E-state index contributed by atoms with van der Waals surface area (Å²) < 4.78 is 21.6. The van der Waals surface area contributed by atoms with E-state index in [-0.39, 0.29) is 12.0 Å². The lowest BCUT2D eigenvalue weighted by Crippen LogP contribution is -2.37. The fourth-order valence-electron chi connectivity index (χ4n) is 1.02. The second-order valence-corrected chi connectivity index (χ2v) is 6.62. The minimum absolute atomic E-state index is 0.0505. The highest BCUT2D eigenvalue weighted by Crippen LogP contribution is 2.17. The zero-order chi connectivity index (χ0) is 12.1. The second kappa shape index (κ2) is 5.46. The predicted octanol–water partition coefficient (Wildman–Crippen LogP) is -0.444. The van der Waals surface area contributed by atoms with Crippen molar-refractivity contribution in [2.75, 3.05) is 25.2 Å². The number of amides is 1. The van der Waals surface area contributed by atoms with Gasteiger partial charge >= 0.3 is 0 Å². The van der Waals surface area contributed by atoms with Crippen molar-refractivity contribution >= 4 is 15.7 Å². The Morgan fingerprint density at radius 3 is 2.33 bits per heavy atom. The van der Waals surface area contributed by atoms with Gasteiger partial charge in [-0.2, -0.15) is 0 Å². The molecular weight excluding hydrogens is 218 g/mol. The molecule has 0 spiro atoms. The number of sulfone groups is 1. The van der Waals surface area contributed by atoms with Gasteiger partial charge in [0, 0.05) is 19.4 Å². The molecule has 0 aliphatic heterocycles. The van der Waals surface area contributed by atoms with Crippen molar-refractivity contribution in [3.8, 4) is 0 Å². The quantitative estimate of drug-likeness (QED) is 0.656. The third-order valence-electron chi connectivity index (χ3n) is 1.95. The number of rotatable bonds is 6. The van der Waals surface area contributed by atoms with Gasteiger partial charge in [0.2, 0.25) is 5.91 Å². The summed E-state index contributed by atoms with van der Waals surface area (Å²) in [5.41, 5.74) is -0.220. The molecule has 90 valence electrons. The summed E-state index contributed by atoms with van der Waals surface area (Å²) in [7, 11) is -3.26. The van der Waals surface area contributed by atoms with Crippen LogP contribution in [-0.4, -0.2) is 44.6 Å². The van der Waals surface area contributed by atoms with Gasteiger partial charge in [-0.3, -0.25) is 4.79 Å². The Labute approximate surface area is 90.8 Å². The van der Waals surface area contributed by atoms with Crippen LogP contribution in [0.4, 0.5) is 0 Å². The van der Waals surface area contributed by atoms with Crippen molar-refractivity contribution < 1.29 is 18.3 Å². The number of carbonyl (C=O) groups excluding carboxylic acids is 1. The molecule has 0 atom stereocenters. The monoisotopic (exact) mass is 237 g/mol. The first-order valence-electron chi connectivity index (χ1n) is 4.71. The minimum atomic E-state index is -3.26. The fourth-order valence-corrected chi connectivity index (χ4v) is 1.60. The summed E-state index contributed by atoms with van der Waals surface area (Å²) in [4.78, 5) is 11.2. The maximum absolute atomic E-state index is 11.2. The third kappa shape index (κ3) is 8.38. The van der Waals surface area contributed by atoms with Crippen LogP contribution in [0.2, 0.25) is 0 Å². The van der Waals surface area contributed by atoms with Crippen LogP contribution >= 0.6 is 0 Å². The summed E-state index contributed by atoms with van der Waals surface area (Å²) in [5.74, 6) is -0.981. The van der Waals surface area contributed by atoms with E-state index in [2.05, 4.69) is 5.32 Å². The van der Waals surface area contributed by atoms with Gasteiger partial charge in [0.1, 0.15) is 5.75 Å². The molecule has 0 unspecified atom stereocenters. The zero-order valence-corrected chi connectivity index (χ0v) is 10.2. The molecule has 0 saturated heterocycles. The van der Waals surface area contributed by atoms with Crippen LogP contribution in [0.15, 0.2) is 0 Å². The van der Waals surface area contributed by atoms with Crippen molar-refractivity contribution in [2.45, 2.75) is 20.3 Å². The highest BCUT2D eigenvalue weighted by atomic mass is 32.2. The van der Waals surface area contributed by atoms with E-state index in [0.717, 1.165) is 6.26 Å². The van der Waals surface area contributed by atoms with E-state index in [1.165, 1.54) is 0 Å². The van der Waals surface area contributed by atoms with E-state index >= 15 is 0 Å². The Morgan fingerprint density at radius 2 is 1.93 bits per heavy atom. The number of nitrogens with one attached hydrogen (secondary N) is 1. The Hall–Kier alpha value is -0.620. The number of carbonyl (C=O) groups is 1. The molecule has 2 N–H and O–H groups in total. The summed E-state index contributed by atoms with van der Waals surface area (Å²) >= 11 is 0. The first-order chi connectivity index (χ1) is 6.66. The molecule has 0 aliphatic rings. The summed E-state index contributed by atoms with van der Waals surface area (Å²) in [6.45, 7) is 4.20. The molecule has 5 nitrogen and oxygen atoms in total. The smallest absolute Gasteiger partial charge is 0.235 e. The predicted molar refractivity (Wildman–Crippen MR) is 58.2 cm³/mol. The molecule has 0 rings (SSSR count). The van der Waals surface area contributed by atoms with Crippen LogP contribution < -0.4 is 5.32 Å². The van der Waals surface area contributed by atoms with Crippen molar-refractivity contribution in [3.05, 3.63) is 0 Å². The molecule has 0 aliphatic carbocycles. The maximum atomic E-state index is 11.2. The lowest BCUT2D eigenvalue weighted by atomic mass is 9.90. The first kappa shape index (κ1) is 14.4. The Bertz CT molecular complexity index is 308. The van der Waals surface area contributed by atoms with Gasteiger partial charge in [0.25, 0.3) is 0 Å². The Morgan fingerprint density at radius 1 is 1.40 bits per heavy atom. The topological polar surface area (TPSA) is 83.5 Å². The van der Waals surface area contributed by atoms with E-state index in [4.69, 9.17) is 5.11 Å². The first-order valence-corrected chi connectivity index (χ1v) is 6.78. The molecule has 15 heavy (non-hydrogen) atoms. The molecule has 6 heteroatoms. The lowest BCUT2D eigenvalue weighted by Gasteiger charge is -2.23. The van der Waals surface area contributed by atoms with Crippen LogP contribution in [0, 0.1) is 5.41 Å². The highest BCUT2D eigenvalue weighted by Gasteiger charge is 2.19. The van der Waals surface area contributed by atoms with E-state index in [1.807, 2.05) is 13.8 Å². The van der Waals surface area contributed by atoms with Crippen molar-refractivity contribution in [3.63, 3.8) is 0 Å². The van der Waals surface area contributed by atoms with E-state index in [0.29, 0.717) is 13.0 Å². The third-order valence-corrected chi connectivity index (χ3v) is 2.73. The average molecular weight is 237 g/mol. The second-order valence-electron chi connectivity index (χ2n) is 4.48. The van der Waals surface area contributed by atoms with Gasteiger partial charge in [-0.25, -0.2) is 8.42 Å². The van der Waals surface area contributed by atoms with Gasteiger partial charge in [-0.1, -0.05) is 13.8 Å². The normalized spacial score (nSPS) is 12.5. The van der Waals surface area contributed by atoms with Gasteiger partial charge < -0.3 is 10.4 Å². The number of aliphatic hydroxyl groups is 1. The molecule has 1 amide bonds. The molecule has 0 aromatic rings. The molecule has 0 bridgehead atoms. The van der Waals surface area contributed by atoms with E-state index in [1.54, 1.807) is 0 Å². The Balaban J connectivity index is 4.01. The van der Waals surface area contributed by atoms with Crippen LogP contribution in [0.3, 0.4) is 0 Å². The zero-order valence-electron chi connectivity index (χ0n) is 9.41. The van der Waals surface area contributed by atoms with Crippen LogP contribution in [0.1, 0.15) is 20.3 Å². The molecule has 0 aromatic carbocycles. The van der Waals surface area contributed by atoms with Gasteiger partial charge in [-0.05, 0) is 11.8 Å². The summed E-state index contributed by atoms with van der Waals surface area (Å²) in [6, 6.07) is 0. The van der Waals surface area contributed by atoms with Crippen molar-refractivity contribution in [1.82, 2.24) is 5.32 Å². The van der Waals surface area contributed by atoms with Gasteiger partial charge in [-0.15, -0.1) is 0 Å². The fraction of sp³-hybridized carbons (Fsp3) is 0.889. The van der Waals surface area contributed by atoms with Gasteiger partial charge in [0.05, 0.1) is 0 Å². The van der Waals surface area contributed by atoms with E-state index < -0.39 is 21.5 Å². The largest absolute Gasteiger partial charge is 0.396 e. The average Bonchev–Trinajstić information content (AvgIpc) is 1.98. The minimum Gasteiger partial charge on any atom is -0.396 e. The molecule has 0 heterocycles. The SMILES string of the molecule is CC(C)(CCO)CNC(=O)CS(C)(=O)=O. The molecule has 0 saturated carbocycles. The lowest BCUT2D eigenvalue weighted by molar-refractivity contribution is -0.119. The van der Waals surface area contributed by atoms with Crippen molar-refractivity contribution in [2.24, 2.45) is 5.41 Å². The Kier molecular flexibility index (Phi) is 5.23. The standard InChI is InChI=1S/C9H19NO4S/c1-9(2,4-5-11)7-10-8(12)6-15(3,13)14/h11H,4-7H2,1-3H3,(H,10,12). The van der Waals surface area contributed by atoms with Gasteiger partial charge in [0.15, 0.2) is 9.84 Å². The maximum Gasteiger partial charge on any atom is 0.235 e. The van der Waals surface area contributed by atoms with Crippen LogP contribution in [-0.2, 0) is 14.6 Å². The van der Waals surface area contributed by atoms with Crippen molar-refractivity contribution in [1.29, 1.82) is 0 Å². The number of hydrogen-bond acceptors (Lipinski definition) is 4. The molecule has 0 radical (unpaired) electrons. The van der Waals surface area contributed by atoms with Crippen LogP contribution in [0.5, 0.6) is 0 Å². The summed E-state index contributed by atoms with van der Waals surface area (Å²) in [5, 5.41) is 11.3. The molecule has 0 aromatic heterocycles. The molecule has 0 fully saturated rings. The molecular formula is C9H19NO4S.